The third-order valence-corrected chi connectivity index (χ3v) is 3.93. The van der Waals surface area contributed by atoms with E-state index in [1.165, 1.54) is 7.11 Å². The van der Waals surface area contributed by atoms with Crippen LogP contribution in [0.2, 0.25) is 0 Å². The van der Waals surface area contributed by atoms with E-state index in [1.54, 1.807) is 19.9 Å². The average molecular weight is 370 g/mol. The number of benzene rings is 1. The smallest absolute Gasteiger partial charge is 0.344 e. The molecular formula is C19H18N2O6. The summed E-state index contributed by atoms with van der Waals surface area (Å²) in [6.45, 7) is 2.99. The number of pyridine rings is 1. The second kappa shape index (κ2) is 7.86. The van der Waals surface area contributed by atoms with Gasteiger partial charge in [0.2, 0.25) is 0 Å². The van der Waals surface area contributed by atoms with E-state index in [2.05, 4.69) is 10.1 Å². The summed E-state index contributed by atoms with van der Waals surface area (Å²) < 4.78 is 20.1. The molecule has 0 aliphatic rings. The third-order valence-electron chi connectivity index (χ3n) is 3.93. The summed E-state index contributed by atoms with van der Waals surface area (Å²) in [5.74, 6) is -0.401. The van der Waals surface area contributed by atoms with Gasteiger partial charge in [-0.1, -0.05) is 18.2 Å². The van der Waals surface area contributed by atoms with Crippen molar-refractivity contribution >= 4 is 22.8 Å². The minimum atomic E-state index is -0.626. The van der Waals surface area contributed by atoms with Crippen molar-refractivity contribution in [3.63, 3.8) is 0 Å². The van der Waals surface area contributed by atoms with Crippen LogP contribution in [-0.4, -0.2) is 35.8 Å². The third kappa shape index (κ3) is 4.05. The number of methoxy groups -OCH3 is 1. The number of aromatic nitrogens is 2. The molecule has 0 amide bonds. The average Bonchev–Trinajstić information content (AvgIpc) is 3.09. The molecule has 0 aliphatic carbocycles. The van der Waals surface area contributed by atoms with E-state index in [-0.39, 0.29) is 24.7 Å². The summed E-state index contributed by atoms with van der Waals surface area (Å²) >= 11 is 0. The van der Waals surface area contributed by atoms with Gasteiger partial charge in [-0.25, -0.2) is 14.6 Å². The molecule has 2 aromatic heterocycles. The first-order valence-electron chi connectivity index (χ1n) is 8.18. The first-order valence-corrected chi connectivity index (χ1v) is 8.18. The molecule has 0 fully saturated rings. The maximum absolute atomic E-state index is 12.2. The Kier molecular flexibility index (Phi) is 5.35. The highest BCUT2D eigenvalue weighted by atomic mass is 16.6. The number of para-hydroxylation sites is 1. The van der Waals surface area contributed by atoms with Crippen LogP contribution in [0.1, 0.15) is 27.4 Å². The zero-order chi connectivity index (χ0) is 19.4. The minimum Gasteiger partial charge on any atom is -0.465 e. The molecule has 2 heterocycles. The van der Waals surface area contributed by atoms with Crippen LogP contribution in [0.4, 0.5) is 0 Å². The largest absolute Gasteiger partial charge is 0.465 e. The fraction of sp³-hybridized carbons (Fsp3) is 0.263. The Morgan fingerprint density at radius 1 is 1.19 bits per heavy atom. The van der Waals surface area contributed by atoms with Crippen molar-refractivity contribution in [3.05, 3.63) is 52.9 Å². The van der Waals surface area contributed by atoms with E-state index in [0.717, 1.165) is 5.39 Å². The standard InChI is InChI=1S/C19H18N2O6/c1-11-8-16(21-27-11)25-10-17(22)26-9-15-18(19(23)24-3)12(2)13-6-4-5-7-14(13)20-15/h4-8H,9-10H2,1-3H3. The normalized spacial score (nSPS) is 10.6. The van der Waals surface area contributed by atoms with Crippen LogP contribution in [0.3, 0.4) is 0 Å². The molecular weight excluding hydrogens is 352 g/mol. The first kappa shape index (κ1) is 18.4. The van der Waals surface area contributed by atoms with E-state index < -0.39 is 11.9 Å². The van der Waals surface area contributed by atoms with Crippen LogP contribution < -0.4 is 4.74 Å². The minimum absolute atomic E-state index is 0.184. The number of nitrogens with zero attached hydrogens (tertiary/aromatic N) is 2. The molecule has 0 aliphatic heterocycles. The van der Waals surface area contributed by atoms with E-state index in [9.17, 15) is 9.59 Å². The zero-order valence-corrected chi connectivity index (χ0v) is 15.1. The molecule has 0 N–H and O–H groups in total. The summed E-state index contributed by atoms with van der Waals surface area (Å²) in [4.78, 5) is 28.6. The van der Waals surface area contributed by atoms with E-state index in [4.69, 9.17) is 18.7 Å². The van der Waals surface area contributed by atoms with Crippen molar-refractivity contribution in [2.75, 3.05) is 13.7 Å². The number of esters is 2. The number of hydrogen-bond acceptors (Lipinski definition) is 8. The summed E-state index contributed by atoms with van der Waals surface area (Å²) in [6, 6.07) is 8.95. The van der Waals surface area contributed by atoms with Crippen LogP contribution in [0.15, 0.2) is 34.9 Å². The number of hydrogen-bond donors (Lipinski definition) is 0. The van der Waals surface area contributed by atoms with Crippen molar-refractivity contribution in [2.24, 2.45) is 0 Å². The van der Waals surface area contributed by atoms with Gasteiger partial charge in [0, 0.05) is 11.5 Å². The highest BCUT2D eigenvalue weighted by molar-refractivity contribution is 5.98. The number of rotatable bonds is 6. The molecule has 0 radical (unpaired) electrons. The van der Waals surface area contributed by atoms with Gasteiger partial charge in [-0.15, -0.1) is 0 Å². The quantitative estimate of drug-likeness (QED) is 0.611. The van der Waals surface area contributed by atoms with E-state index >= 15 is 0 Å². The van der Waals surface area contributed by atoms with Crippen molar-refractivity contribution in [1.82, 2.24) is 10.1 Å². The van der Waals surface area contributed by atoms with Gasteiger partial charge in [-0.05, 0) is 30.6 Å². The molecule has 3 rings (SSSR count). The van der Waals surface area contributed by atoms with Gasteiger partial charge in [0.25, 0.3) is 5.88 Å². The van der Waals surface area contributed by atoms with Crippen LogP contribution in [0, 0.1) is 13.8 Å². The number of ether oxygens (including phenoxy) is 3. The highest BCUT2D eigenvalue weighted by Gasteiger charge is 2.20. The lowest BCUT2D eigenvalue weighted by Crippen LogP contribution is -2.17. The Morgan fingerprint density at radius 2 is 1.96 bits per heavy atom. The number of carbonyl (C=O) groups is 2. The van der Waals surface area contributed by atoms with Crippen molar-refractivity contribution in [2.45, 2.75) is 20.5 Å². The molecule has 8 heteroatoms. The van der Waals surface area contributed by atoms with Gasteiger partial charge < -0.3 is 18.7 Å². The van der Waals surface area contributed by atoms with Gasteiger partial charge in [0.05, 0.1) is 23.9 Å². The van der Waals surface area contributed by atoms with Crippen molar-refractivity contribution in [3.8, 4) is 5.88 Å². The Hall–Kier alpha value is -3.42. The van der Waals surface area contributed by atoms with E-state index in [1.807, 2.05) is 24.3 Å². The zero-order valence-electron chi connectivity index (χ0n) is 15.1. The topological polar surface area (TPSA) is 101 Å². The predicted octanol–water partition coefficient (Wildman–Crippen LogP) is 2.75. The SMILES string of the molecule is COC(=O)c1c(COC(=O)COc2cc(C)on2)nc2ccccc2c1C. The lowest BCUT2D eigenvalue weighted by Gasteiger charge is -2.13. The van der Waals surface area contributed by atoms with Crippen LogP contribution in [0.25, 0.3) is 10.9 Å². The van der Waals surface area contributed by atoms with Crippen LogP contribution >= 0.6 is 0 Å². The van der Waals surface area contributed by atoms with Gasteiger partial charge >= 0.3 is 11.9 Å². The Labute approximate surface area is 155 Å². The fourth-order valence-corrected chi connectivity index (χ4v) is 2.65. The Bertz CT molecular complexity index is 995. The summed E-state index contributed by atoms with van der Waals surface area (Å²) in [5.41, 5.74) is 2.02. The molecule has 8 nitrogen and oxygen atoms in total. The summed E-state index contributed by atoms with van der Waals surface area (Å²) in [5, 5.41) is 4.45. The molecule has 0 saturated heterocycles. The van der Waals surface area contributed by atoms with Gasteiger partial charge in [0.1, 0.15) is 12.4 Å². The fourth-order valence-electron chi connectivity index (χ4n) is 2.65. The van der Waals surface area contributed by atoms with E-state index in [0.29, 0.717) is 22.5 Å². The summed E-state index contributed by atoms with van der Waals surface area (Å²) in [6.07, 6.45) is 0. The predicted molar refractivity (Wildman–Crippen MR) is 94.4 cm³/mol. The molecule has 0 unspecified atom stereocenters. The molecule has 0 saturated carbocycles. The maximum Gasteiger partial charge on any atom is 0.344 e. The molecule has 0 bridgehead atoms. The van der Waals surface area contributed by atoms with Crippen LogP contribution in [0.5, 0.6) is 5.88 Å². The van der Waals surface area contributed by atoms with Crippen LogP contribution in [-0.2, 0) is 20.9 Å². The van der Waals surface area contributed by atoms with Crippen molar-refractivity contribution in [1.29, 1.82) is 0 Å². The van der Waals surface area contributed by atoms with Gasteiger partial charge in [-0.3, -0.25) is 0 Å². The number of carbonyl (C=O) groups excluding carboxylic acids is 2. The van der Waals surface area contributed by atoms with Gasteiger partial charge in [0.15, 0.2) is 6.61 Å². The monoisotopic (exact) mass is 370 g/mol. The Morgan fingerprint density at radius 3 is 2.67 bits per heavy atom. The molecule has 1 aromatic carbocycles. The molecule has 0 atom stereocenters. The molecule has 27 heavy (non-hydrogen) atoms. The van der Waals surface area contributed by atoms with Gasteiger partial charge in [-0.2, -0.15) is 0 Å². The second-order valence-corrected chi connectivity index (χ2v) is 5.79. The maximum atomic E-state index is 12.2. The molecule has 140 valence electrons. The van der Waals surface area contributed by atoms with Crippen molar-refractivity contribution < 1.29 is 28.3 Å². The first-order chi connectivity index (χ1) is 13.0. The Balaban J connectivity index is 1.76. The number of aryl methyl sites for hydroxylation is 2. The number of fused-ring (bicyclic) bond motifs is 1. The lowest BCUT2D eigenvalue weighted by atomic mass is 10.0. The second-order valence-electron chi connectivity index (χ2n) is 5.79. The molecule has 3 aromatic rings. The summed E-state index contributed by atoms with van der Waals surface area (Å²) in [7, 11) is 1.29. The highest BCUT2D eigenvalue weighted by Crippen LogP contribution is 2.24. The lowest BCUT2D eigenvalue weighted by molar-refractivity contribution is -0.147. The molecule has 0 spiro atoms.